The number of benzene rings is 2. The quantitative estimate of drug-likeness (QED) is 0.601. The van der Waals surface area contributed by atoms with E-state index in [4.69, 9.17) is 0 Å². The predicted molar refractivity (Wildman–Crippen MR) is 120 cm³/mol. The average Bonchev–Trinajstić information content (AvgIpc) is 2.71. The third-order valence-corrected chi connectivity index (χ3v) is 6.33. The molecule has 29 heavy (non-hydrogen) atoms. The minimum atomic E-state index is -3.14. The summed E-state index contributed by atoms with van der Waals surface area (Å²) in [7, 11) is -1.33. The molecule has 0 bridgehead atoms. The molecule has 3 rings (SSSR count). The van der Waals surface area contributed by atoms with Gasteiger partial charge in [0.05, 0.1) is 4.90 Å². The van der Waals surface area contributed by atoms with Crippen LogP contribution in [-0.2, 0) is 16.3 Å². The van der Waals surface area contributed by atoms with Crippen molar-refractivity contribution in [3.63, 3.8) is 0 Å². The van der Waals surface area contributed by atoms with Crippen molar-refractivity contribution in [2.45, 2.75) is 18.2 Å². The number of guanidine groups is 1. The van der Waals surface area contributed by atoms with Gasteiger partial charge in [0.2, 0.25) is 0 Å². The number of sulfone groups is 1. The van der Waals surface area contributed by atoms with Gasteiger partial charge >= 0.3 is 0 Å². The lowest BCUT2D eigenvalue weighted by molar-refractivity contribution is 0.373. The number of anilines is 1. The molecule has 2 aromatic carbocycles. The predicted octanol–water partition coefficient (Wildman–Crippen LogP) is 2.34. The van der Waals surface area contributed by atoms with Crippen LogP contribution in [0.25, 0.3) is 0 Å². The minimum absolute atomic E-state index is 0.358. The number of nitrogens with one attached hydrogen (secondary N) is 1. The third-order valence-electron chi connectivity index (χ3n) is 5.21. The summed E-state index contributed by atoms with van der Waals surface area (Å²) in [5, 5.41) is 3.44. The summed E-state index contributed by atoms with van der Waals surface area (Å²) in [6.45, 7) is 6.67. The smallest absolute Gasteiger partial charge is 0.193 e. The van der Waals surface area contributed by atoms with E-state index in [-0.39, 0.29) is 0 Å². The lowest BCUT2D eigenvalue weighted by Gasteiger charge is -2.37. The number of rotatable bonds is 5. The summed E-state index contributed by atoms with van der Waals surface area (Å²) in [6.07, 6.45) is 2.04. The van der Waals surface area contributed by atoms with Crippen molar-refractivity contribution in [2.75, 3.05) is 50.9 Å². The first-order valence-electron chi connectivity index (χ1n) is 9.93. The molecule has 0 saturated carbocycles. The van der Waals surface area contributed by atoms with Gasteiger partial charge in [-0.2, -0.15) is 0 Å². The lowest BCUT2D eigenvalue weighted by Crippen LogP contribution is -2.52. The Morgan fingerprint density at radius 3 is 2.34 bits per heavy atom. The number of hydrogen-bond acceptors (Lipinski definition) is 4. The molecule has 1 N–H and O–H groups in total. The molecule has 0 atom stereocenters. The lowest BCUT2D eigenvalue weighted by atomic mass is 10.1. The van der Waals surface area contributed by atoms with Gasteiger partial charge in [0.1, 0.15) is 0 Å². The Hall–Kier alpha value is -2.54. The van der Waals surface area contributed by atoms with Crippen molar-refractivity contribution < 1.29 is 8.42 Å². The van der Waals surface area contributed by atoms with E-state index >= 15 is 0 Å². The van der Waals surface area contributed by atoms with Crippen molar-refractivity contribution in [1.29, 1.82) is 0 Å². The van der Waals surface area contributed by atoms with E-state index in [9.17, 15) is 8.42 Å². The van der Waals surface area contributed by atoms with Gasteiger partial charge in [0.15, 0.2) is 15.8 Å². The van der Waals surface area contributed by atoms with Crippen LogP contribution >= 0.6 is 0 Å². The van der Waals surface area contributed by atoms with E-state index in [0.717, 1.165) is 50.7 Å². The average molecular weight is 415 g/mol. The maximum Gasteiger partial charge on any atom is 0.193 e. The van der Waals surface area contributed by atoms with Crippen LogP contribution in [0.5, 0.6) is 0 Å². The van der Waals surface area contributed by atoms with E-state index in [1.54, 1.807) is 12.1 Å². The number of aliphatic imine (C=N–C) groups is 1. The second kappa shape index (κ2) is 9.31. The fourth-order valence-corrected chi connectivity index (χ4v) is 4.19. The Labute approximate surface area is 174 Å². The SMILES string of the molecule is CN=C(NCCc1ccc(S(C)(=O)=O)cc1)N1CCN(c2cccc(C)c2)CC1. The van der Waals surface area contributed by atoms with Crippen molar-refractivity contribution in [2.24, 2.45) is 4.99 Å². The molecule has 2 aromatic rings. The van der Waals surface area contributed by atoms with Gasteiger partial charge in [-0.3, -0.25) is 4.99 Å². The van der Waals surface area contributed by atoms with Gasteiger partial charge < -0.3 is 15.1 Å². The number of piperazine rings is 1. The molecule has 0 radical (unpaired) electrons. The summed E-state index contributed by atoms with van der Waals surface area (Å²) in [4.78, 5) is 9.50. The first-order chi connectivity index (χ1) is 13.9. The Morgan fingerprint density at radius 2 is 1.76 bits per heavy atom. The van der Waals surface area contributed by atoms with E-state index in [1.807, 2.05) is 19.2 Å². The molecular formula is C22H30N4O2S. The van der Waals surface area contributed by atoms with Crippen molar-refractivity contribution in [3.05, 3.63) is 59.7 Å². The highest BCUT2D eigenvalue weighted by atomic mass is 32.2. The molecule has 0 unspecified atom stereocenters. The zero-order valence-electron chi connectivity index (χ0n) is 17.4. The van der Waals surface area contributed by atoms with Crippen LogP contribution in [0.2, 0.25) is 0 Å². The minimum Gasteiger partial charge on any atom is -0.368 e. The largest absolute Gasteiger partial charge is 0.368 e. The second-order valence-corrected chi connectivity index (χ2v) is 9.47. The fourth-order valence-electron chi connectivity index (χ4n) is 3.56. The highest BCUT2D eigenvalue weighted by Crippen LogP contribution is 2.18. The van der Waals surface area contributed by atoms with E-state index in [1.165, 1.54) is 17.5 Å². The van der Waals surface area contributed by atoms with Gasteiger partial charge in [0, 0.05) is 51.7 Å². The zero-order chi connectivity index (χ0) is 20.9. The highest BCUT2D eigenvalue weighted by molar-refractivity contribution is 7.90. The number of hydrogen-bond donors (Lipinski definition) is 1. The zero-order valence-corrected chi connectivity index (χ0v) is 18.2. The van der Waals surface area contributed by atoms with Crippen molar-refractivity contribution in [1.82, 2.24) is 10.2 Å². The van der Waals surface area contributed by atoms with Crippen LogP contribution in [-0.4, -0.2) is 65.3 Å². The van der Waals surface area contributed by atoms with Gasteiger partial charge in [-0.1, -0.05) is 24.3 Å². The van der Waals surface area contributed by atoms with Crippen molar-refractivity contribution in [3.8, 4) is 0 Å². The van der Waals surface area contributed by atoms with E-state index in [2.05, 4.69) is 51.3 Å². The summed E-state index contributed by atoms with van der Waals surface area (Å²) in [5.74, 6) is 0.918. The standard InChI is InChI=1S/C22H30N4O2S/c1-18-5-4-6-20(17-18)25-13-15-26(16-14-25)22(23-2)24-12-11-19-7-9-21(10-8-19)29(3,27)28/h4-10,17H,11-16H2,1-3H3,(H,23,24). The van der Waals surface area contributed by atoms with E-state index in [0.29, 0.717) is 4.90 Å². The van der Waals surface area contributed by atoms with Crippen LogP contribution in [0.3, 0.4) is 0 Å². The Bertz CT molecular complexity index is 947. The van der Waals surface area contributed by atoms with Gasteiger partial charge in [-0.15, -0.1) is 0 Å². The molecular weight excluding hydrogens is 384 g/mol. The molecule has 1 aliphatic rings. The first-order valence-corrected chi connectivity index (χ1v) is 11.8. The number of aryl methyl sites for hydroxylation is 1. The van der Waals surface area contributed by atoms with Gasteiger partial charge in [-0.25, -0.2) is 8.42 Å². The molecule has 1 saturated heterocycles. The molecule has 1 aliphatic heterocycles. The molecule has 1 heterocycles. The van der Waals surface area contributed by atoms with Crippen LogP contribution in [0.15, 0.2) is 58.4 Å². The summed E-state index contributed by atoms with van der Waals surface area (Å²) < 4.78 is 23.1. The Balaban J connectivity index is 1.48. The van der Waals surface area contributed by atoms with Crippen LogP contribution in [0.4, 0.5) is 5.69 Å². The molecule has 1 fully saturated rings. The van der Waals surface area contributed by atoms with Crippen LogP contribution in [0, 0.1) is 6.92 Å². The molecule has 6 nitrogen and oxygen atoms in total. The number of nitrogens with zero attached hydrogens (tertiary/aromatic N) is 3. The summed E-state index contributed by atoms with van der Waals surface area (Å²) in [6, 6.07) is 15.7. The highest BCUT2D eigenvalue weighted by Gasteiger charge is 2.19. The Morgan fingerprint density at radius 1 is 1.07 bits per heavy atom. The maximum absolute atomic E-state index is 11.6. The van der Waals surface area contributed by atoms with Crippen LogP contribution in [0.1, 0.15) is 11.1 Å². The third kappa shape index (κ3) is 5.73. The Kier molecular flexibility index (Phi) is 6.79. The molecule has 0 aliphatic carbocycles. The van der Waals surface area contributed by atoms with Crippen LogP contribution < -0.4 is 10.2 Å². The molecule has 156 valence electrons. The normalized spacial score (nSPS) is 15.5. The maximum atomic E-state index is 11.6. The van der Waals surface area contributed by atoms with E-state index < -0.39 is 9.84 Å². The topological polar surface area (TPSA) is 65.0 Å². The van der Waals surface area contributed by atoms with Gasteiger partial charge in [0.25, 0.3) is 0 Å². The molecule has 7 heteroatoms. The summed E-state index contributed by atoms with van der Waals surface area (Å²) >= 11 is 0. The molecule has 0 spiro atoms. The second-order valence-electron chi connectivity index (χ2n) is 7.45. The monoisotopic (exact) mass is 414 g/mol. The molecule has 0 amide bonds. The molecule has 0 aromatic heterocycles. The van der Waals surface area contributed by atoms with Gasteiger partial charge in [-0.05, 0) is 48.7 Å². The summed E-state index contributed by atoms with van der Waals surface area (Å²) in [5.41, 5.74) is 3.67. The fraction of sp³-hybridized carbons (Fsp3) is 0.409. The van der Waals surface area contributed by atoms with Crippen molar-refractivity contribution >= 4 is 21.5 Å². The first kappa shape index (κ1) is 21.2.